The van der Waals surface area contributed by atoms with Crippen LogP contribution < -0.4 is 10.0 Å². The highest BCUT2D eigenvalue weighted by Crippen LogP contribution is 2.29. The van der Waals surface area contributed by atoms with Crippen LogP contribution in [0.4, 0.5) is 10.5 Å². The van der Waals surface area contributed by atoms with E-state index in [1.54, 1.807) is 31.4 Å². The number of halogens is 1. The first-order valence-electron chi connectivity index (χ1n) is 8.44. The lowest BCUT2D eigenvalue weighted by molar-refractivity contribution is 0.0789. The second-order valence-corrected chi connectivity index (χ2v) is 9.84. The van der Waals surface area contributed by atoms with Gasteiger partial charge >= 0.3 is 6.03 Å². The Hall–Kier alpha value is -1.61. The fourth-order valence-electron chi connectivity index (χ4n) is 2.53. The van der Waals surface area contributed by atoms with Crippen molar-refractivity contribution in [1.82, 2.24) is 4.72 Å². The van der Waals surface area contributed by atoms with Crippen molar-refractivity contribution in [1.29, 1.82) is 0 Å². The van der Waals surface area contributed by atoms with Gasteiger partial charge in [0.1, 0.15) is 4.21 Å². The van der Waals surface area contributed by atoms with Crippen LogP contribution in [0.5, 0.6) is 0 Å². The third-order valence-electron chi connectivity index (χ3n) is 4.04. The van der Waals surface area contributed by atoms with Gasteiger partial charge < -0.3 is 10.4 Å². The number of aliphatic hydroxyl groups is 1. The van der Waals surface area contributed by atoms with Crippen LogP contribution in [0.1, 0.15) is 44.4 Å². The second kappa shape index (κ2) is 8.18. The Labute approximate surface area is 168 Å². The van der Waals surface area contributed by atoms with Crippen molar-refractivity contribution in [2.45, 2.75) is 50.3 Å². The lowest BCUT2D eigenvalue weighted by Gasteiger charge is -2.16. The molecule has 0 spiro atoms. The lowest BCUT2D eigenvalue weighted by atomic mass is 10.0. The standard InChI is InChI=1S/C18H23ClN2O4S2/c1-5-11-7-14(19)8-12(6-2)16(11)20-17(22)21-27(24,25)15-9-13(10-26-15)18(3,4)23/h7-10,23H,5-6H2,1-4H3,(H2,20,21,22). The fraction of sp³-hybridized carbons (Fsp3) is 0.389. The van der Waals surface area contributed by atoms with Gasteiger partial charge in [-0.3, -0.25) is 0 Å². The molecule has 0 unspecified atom stereocenters. The molecule has 0 atom stereocenters. The Morgan fingerprint density at radius 3 is 2.19 bits per heavy atom. The maximum Gasteiger partial charge on any atom is 0.333 e. The van der Waals surface area contributed by atoms with Crippen LogP contribution >= 0.6 is 22.9 Å². The highest BCUT2D eigenvalue weighted by atomic mass is 35.5. The van der Waals surface area contributed by atoms with E-state index in [1.165, 1.54) is 6.07 Å². The summed E-state index contributed by atoms with van der Waals surface area (Å²) in [6, 6.07) is 4.01. The normalized spacial score (nSPS) is 12.1. The molecule has 0 aliphatic carbocycles. The minimum absolute atomic E-state index is 0.0442. The van der Waals surface area contributed by atoms with Gasteiger partial charge in [0.2, 0.25) is 0 Å². The number of carbonyl (C=O) groups is 1. The lowest BCUT2D eigenvalue weighted by Crippen LogP contribution is -2.34. The Morgan fingerprint density at radius 2 is 1.74 bits per heavy atom. The largest absolute Gasteiger partial charge is 0.386 e. The molecule has 0 radical (unpaired) electrons. The predicted octanol–water partition coefficient (Wildman–Crippen LogP) is 4.26. The molecule has 0 saturated heterocycles. The van der Waals surface area contributed by atoms with Crippen LogP contribution in [0.3, 0.4) is 0 Å². The monoisotopic (exact) mass is 430 g/mol. The van der Waals surface area contributed by atoms with E-state index in [1.807, 2.05) is 18.6 Å². The van der Waals surface area contributed by atoms with Gasteiger partial charge in [0.15, 0.2) is 0 Å². The number of hydrogen-bond acceptors (Lipinski definition) is 5. The molecular weight excluding hydrogens is 408 g/mol. The Kier molecular flexibility index (Phi) is 6.57. The van der Waals surface area contributed by atoms with Gasteiger partial charge in [-0.1, -0.05) is 25.4 Å². The van der Waals surface area contributed by atoms with Gasteiger partial charge in [0.25, 0.3) is 10.0 Å². The summed E-state index contributed by atoms with van der Waals surface area (Å²) in [4.78, 5) is 12.3. The molecule has 2 rings (SSSR count). The van der Waals surface area contributed by atoms with Crippen molar-refractivity contribution < 1.29 is 18.3 Å². The van der Waals surface area contributed by atoms with Gasteiger partial charge in [-0.25, -0.2) is 17.9 Å². The van der Waals surface area contributed by atoms with E-state index in [0.29, 0.717) is 29.1 Å². The summed E-state index contributed by atoms with van der Waals surface area (Å²) >= 11 is 7.04. The van der Waals surface area contributed by atoms with Crippen LogP contribution in [0.25, 0.3) is 0 Å². The summed E-state index contributed by atoms with van der Waals surface area (Å²) in [6.07, 6.45) is 1.27. The average molecular weight is 431 g/mol. The molecule has 1 aromatic carbocycles. The van der Waals surface area contributed by atoms with Crippen molar-refractivity contribution in [3.05, 3.63) is 45.3 Å². The zero-order valence-electron chi connectivity index (χ0n) is 15.6. The molecule has 0 fully saturated rings. The maximum atomic E-state index is 12.5. The van der Waals surface area contributed by atoms with Crippen molar-refractivity contribution in [2.75, 3.05) is 5.32 Å². The van der Waals surface area contributed by atoms with E-state index in [4.69, 9.17) is 11.6 Å². The van der Waals surface area contributed by atoms with E-state index < -0.39 is 21.7 Å². The molecule has 0 bridgehead atoms. The van der Waals surface area contributed by atoms with Crippen LogP contribution in [0, 0.1) is 0 Å². The van der Waals surface area contributed by atoms with Gasteiger partial charge in [-0.15, -0.1) is 11.3 Å². The van der Waals surface area contributed by atoms with E-state index in [2.05, 4.69) is 5.32 Å². The Morgan fingerprint density at radius 1 is 1.19 bits per heavy atom. The summed E-state index contributed by atoms with van der Waals surface area (Å²) in [6.45, 7) is 6.97. The summed E-state index contributed by atoms with van der Waals surface area (Å²) in [7, 11) is -4.05. The van der Waals surface area contributed by atoms with Gasteiger partial charge in [-0.2, -0.15) is 0 Å². The van der Waals surface area contributed by atoms with Gasteiger partial charge in [0, 0.05) is 10.7 Å². The summed E-state index contributed by atoms with van der Waals surface area (Å²) in [5.41, 5.74) is 1.52. The molecule has 0 aliphatic rings. The van der Waals surface area contributed by atoms with E-state index >= 15 is 0 Å². The molecule has 2 aromatic rings. The highest BCUT2D eigenvalue weighted by molar-refractivity contribution is 7.92. The summed E-state index contributed by atoms with van der Waals surface area (Å²) < 4.78 is 26.9. The minimum Gasteiger partial charge on any atom is -0.386 e. The Bertz CT molecular complexity index is 922. The molecule has 1 heterocycles. The first kappa shape index (κ1) is 21.7. The van der Waals surface area contributed by atoms with Crippen molar-refractivity contribution in [3.8, 4) is 0 Å². The zero-order valence-corrected chi connectivity index (χ0v) is 18.0. The third-order valence-corrected chi connectivity index (χ3v) is 7.03. The van der Waals surface area contributed by atoms with Crippen LogP contribution in [0.2, 0.25) is 5.02 Å². The van der Waals surface area contributed by atoms with Crippen molar-refractivity contribution in [3.63, 3.8) is 0 Å². The first-order valence-corrected chi connectivity index (χ1v) is 11.2. The molecule has 1 aromatic heterocycles. The second-order valence-electron chi connectivity index (χ2n) is 6.58. The topological polar surface area (TPSA) is 95.5 Å². The van der Waals surface area contributed by atoms with E-state index in [0.717, 1.165) is 22.5 Å². The zero-order chi connectivity index (χ0) is 20.4. The van der Waals surface area contributed by atoms with Crippen LogP contribution in [0.15, 0.2) is 27.8 Å². The SMILES string of the molecule is CCc1cc(Cl)cc(CC)c1NC(=O)NS(=O)(=O)c1cc(C(C)(C)O)cs1. The predicted molar refractivity (Wildman–Crippen MR) is 109 cm³/mol. The molecule has 9 heteroatoms. The first-order chi connectivity index (χ1) is 12.5. The Balaban J connectivity index is 2.24. The maximum absolute atomic E-state index is 12.5. The number of amides is 2. The van der Waals surface area contributed by atoms with E-state index in [-0.39, 0.29) is 4.21 Å². The van der Waals surface area contributed by atoms with Crippen molar-refractivity contribution in [2.24, 2.45) is 0 Å². The number of sulfonamides is 1. The molecular formula is C18H23ClN2O4S2. The van der Waals surface area contributed by atoms with Crippen LogP contribution in [-0.2, 0) is 28.5 Å². The highest BCUT2D eigenvalue weighted by Gasteiger charge is 2.25. The number of nitrogens with one attached hydrogen (secondary N) is 2. The van der Waals surface area contributed by atoms with Gasteiger partial charge in [-0.05, 0) is 67.0 Å². The summed E-state index contributed by atoms with van der Waals surface area (Å²) in [5.74, 6) is 0. The van der Waals surface area contributed by atoms with Gasteiger partial charge in [0.05, 0.1) is 5.60 Å². The number of aryl methyl sites for hydroxylation is 2. The number of hydrogen-bond donors (Lipinski definition) is 3. The van der Waals surface area contributed by atoms with E-state index in [9.17, 15) is 18.3 Å². The molecule has 3 N–H and O–H groups in total. The summed E-state index contributed by atoms with van der Waals surface area (Å²) in [5, 5.41) is 14.7. The number of urea groups is 1. The quantitative estimate of drug-likeness (QED) is 0.637. The molecule has 0 saturated carbocycles. The number of rotatable bonds is 6. The smallest absolute Gasteiger partial charge is 0.333 e. The molecule has 6 nitrogen and oxygen atoms in total. The third kappa shape index (κ3) is 5.22. The van der Waals surface area contributed by atoms with Crippen molar-refractivity contribution >= 4 is 44.7 Å². The number of anilines is 1. The fourth-order valence-corrected chi connectivity index (χ4v) is 5.04. The number of benzene rings is 1. The molecule has 27 heavy (non-hydrogen) atoms. The average Bonchev–Trinajstić information content (AvgIpc) is 3.06. The molecule has 2 amide bonds. The van der Waals surface area contributed by atoms with Crippen LogP contribution in [-0.4, -0.2) is 19.6 Å². The number of carbonyl (C=O) groups excluding carboxylic acids is 1. The minimum atomic E-state index is -4.05. The number of thiophene rings is 1. The molecule has 0 aliphatic heterocycles. The molecule has 148 valence electrons.